The predicted molar refractivity (Wildman–Crippen MR) is 72.5 cm³/mol. The van der Waals surface area contributed by atoms with E-state index in [0.29, 0.717) is 29.6 Å². The van der Waals surface area contributed by atoms with E-state index in [1.807, 2.05) is 0 Å². The van der Waals surface area contributed by atoms with Crippen molar-refractivity contribution in [2.24, 2.45) is 0 Å². The molecule has 2 aromatic rings. The number of urea groups is 1. The topological polar surface area (TPSA) is 109 Å². The number of rotatable bonds is 3. The van der Waals surface area contributed by atoms with Gasteiger partial charge in [-0.2, -0.15) is 0 Å². The average Bonchev–Trinajstić information content (AvgIpc) is 3.04. The number of nitrogens with one attached hydrogen (secondary N) is 3. The molecule has 0 saturated carbocycles. The lowest BCUT2D eigenvalue weighted by Gasteiger charge is -2.09. The van der Waals surface area contributed by atoms with Crippen LogP contribution in [0.5, 0.6) is 0 Å². The minimum atomic E-state index is -0.404. The number of aryl methyl sites for hydroxylation is 1. The first-order valence-corrected chi connectivity index (χ1v) is 6.37. The highest BCUT2D eigenvalue weighted by Gasteiger charge is 2.21. The van der Waals surface area contributed by atoms with E-state index in [2.05, 4.69) is 26.1 Å². The molecule has 108 valence electrons. The lowest BCUT2D eigenvalue weighted by molar-refractivity contribution is 0.0965. The second kappa shape index (κ2) is 5.23. The molecule has 8 heteroatoms. The third-order valence-corrected chi connectivity index (χ3v) is 3.06. The quantitative estimate of drug-likeness (QED) is 0.778. The summed E-state index contributed by atoms with van der Waals surface area (Å²) in [6.07, 6.45) is 0. The van der Waals surface area contributed by atoms with Crippen LogP contribution in [0, 0.1) is 6.92 Å². The monoisotopic (exact) mass is 287 g/mol. The summed E-state index contributed by atoms with van der Waals surface area (Å²) < 4.78 is 5.15. The number of benzene rings is 1. The van der Waals surface area contributed by atoms with Gasteiger partial charge in [0.25, 0.3) is 5.91 Å². The van der Waals surface area contributed by atoms with Gasteiger partial charge in [-0.25, -0.2) is 4.79 Å². The number of nitrogens with zero attached hydrogens (tertiary/aromatic N) is 2. The summed E-state index contributed by atoms with van der Waals surface area (Å²) >= 11 is 0. The molecular weight excluding hydrogens is 274 g/mol. The van der Waals surface area contributed by atoms with Gasteiger partial charge in [0.05, 0.1) is 6.54 Å². The van der Waals surface area contributed by atoms with E-state index in [4.69, 9.17) is 4.42 Å². The van der Waals surface area contributed by atoms with Gasteiger partial charge >= 0.3 is 6.03 Å². The Morgan fingerprint density at radius 3 is 3.05 bits per heavy atom. The van der Waals surface area contributed by atoms with Gasteiger partial charge in [0.2, 0.25) is 11.8 Å². The zero-order chi connectivity index (χ0) is 14.8. The molecule has 3 amide bonds. The van der Waals surface area contributed by atoms with Crippen molar-refractivity contribution in [2.75, 3.05) is 5.32 Å². The first kappa shape index (κ1) is 13.1. The van der Waals surface area contributed by atoms with E-state index < -0.39 is 6.03 Å². The summed E-state index contributed by atoms with van der Waals surface area (Å²) in [5.41, 5.74) is 1.97. The van der Waals surface area contributed by atoms with Crippen molar-refractivity contribution in [2.45, 2.75) is 20.0 Å². The summed E-state index contributed by atoms with van der Waals surface area (Å²) in [6, 6.07) is 4.79. The highest BCUT2D eigenvalue weighted by molar-refractivity contribution is 6.01. The number of aromatic nitrogens is 2. The summed E-state index contributed by atoms with van der Waals surface area (Å²) in [4.78, 5) is 23.4. The van der Waals surface area contributed by atoms with Gasteiger partial charge in [-0.3, -0.25) is 4.79 Å². The number of anilines is 1. The molecule has 3 N–H and O–H groups in total. The Morgan fingerprint density at radius 2 is 2.29 bits per heavy atom. The first-order valence-electron chi connectivity index (χ1n) is 6.37. The van der Waals surface area contributed by atoms with Crippen LogP contribution in [0.1, 0.15) is 27.7 Å². The second-order valence-corrected chi connectivity index (χ2v) is 4.54. The van der Waals surface area contributed by atoms with Crippen molar-refractivity contribution < 1.29 is 14.0 Å². The normalized spacial score (nSPS) is 12.7. The molecule has 21 heavy (non-hydrogen) atoms. The molecule has 0 atom stereocenters. The lowest BCUT2D eigenvalue weighted by atomic mass is 10.1. The van der Waals surface area contributed by atoms with Gasteiger partial charge in [0.1, 0.15) is 0 Å². The molecule has 0 fully saturated rings. The van der Waals surface area contributed by atoms with E-state index in [-0.39, 0.29) is 12.5 Å². The zero-order valence-electron chi connectivity index (χ0n) is 11.3. The van der Waals surface area contributed by atoms with Crippen LogP contribution in [-0.2, 0) is 13.1 Å². The van der Waals surface area contributed by atoms with E-state index in [1.54, 1.807) is 25.1 Å². The second-order valence-electron chi connectivity index (χ2n) is 4.54. The molecule has 0 unspecified atom stereocenters. The average molecular weight is 287 g/mol. The Bertz CT molecular complexity index is 710. The molecule has 3 rings (SSSR count). The van der Waals surface area contributed by atoms with E-state index >= 15 is 0 Å². The summed E-state index contributed by atoms with van der Waals surface area (Å²) in [7, 11) is 0. The summed E-state index contributed by atoms with van der Waals surface area (Å²) in [6.45, 7) is 2.22. The van der Waals surface area contributed by atoms with Crippen molar-refractivity contribution in [3.05, 3.63) is 41.1 Å². The molecule has 8 nitrogen and oxygen atoms in total. The largest absolute Gasteiger partial charge is 0.424 e. The maximum atomic E-state index is 11.9. The summed E-state index contributed by atoms with van der Waals surface area (Å²) in [5, 5.41) is 15.5. The van der Waals surface area contributed by atoms with Crippen molar-refractivity contribution in [3.63, 3.8) is 0 Å². The highest BCUT2D eigenvalue weighted by atomic mass is 16.4. The third kappa shape index (κ3) is 2.69. The molecule has 1 aromatic carbocycles. The maximum absolute atomic E-state index is 11.9. The van der Waals surface area contributed by atoms with Gasteiger partial charge in [0, 0.05) is 30.3 Å². The molecule has 1 aromatic heterocycles. The molecular formula is C13H13N5O3. The third-order valence-electron chi connectivity index (χ3n) is 3.06. The fraction of sp³-hybridized carbons (Fsp3) is 0.231. The zero-order valence-corrected chi connectivity index (χ0v) is 11.3. The number of carbonyl (C=O) groups is 2. The lowest BCUT2D eigenvalue weighted by Crippen LogP contribution is -2.28. The predicted octanol–water partition coefficient (Wildman–Crippen LogP) is 0.943. The smallest absolute Gasteiger partial charge is 0.319 e. The number of hydrogen-bond acceptors (Lipinski definition) is 5. The molecule has 0 radical (unpaired) electrons. The number of hydrogen-bond donors (Lipinski definition) is 3. The van der Waals surface area contributed by atoms with Gasteiger partial charge in [-0.05, 0) is 12.1 Å². The molecule has 0 spiro atoms. The van der Waals surface area contributed by atoms with Crippen LogP contribution in [0.2, 0.25) is 0 Å². The fourth-order valence-electron chi connectivity index (χ4n) is 2.10. The fourth-order valence-corrected chi connectivity index (χ4v) is 2.10. The van der Waals surface area contributed by atoms with Gasteiger partial charge in [-0.1, -0.05) is 6.07 Å². The number of amides is 3. The molecule has 0 saturated heterocycles. The molecule has 0 aliphatic carbocycles. The SMILES string of the molecule is Cc1nnc(CNC(=O)Nc2cccc3c2CNC3=O)o1. The van der Waals surface area contributed by atoms with Crippen molar-refractivity contribution in [1.29, 1.82) is 0 Å². The Morgan fingerprint density at radius 1 is 1.43 bits per heavy atom. The minimum absolute atomic E-state index is 0.129. The van der Waals surface area contributed by atoms with Crippen molar-refractivity contribution in [1.82, 2.24) is 20.8 Å². The molecule has 1 aliphatic heterocycles. The van der Waals surface area contributed by atoms with Crippen LogP contribution < -0.4 is 16.0 Å². The summed E-state index contributed by atoms with van der Waals surface area (Å²) in [5.74, 6) is 0.644. The Balaban J connectivity index is 1.64. The van der Waals surface area contributed by atoms with E-state index in [9.17, 15) is 9.59 Å². The van der Waals surface area contributed by atoms with E-state index in [1.165, 1.54) is 0 Å². The Hall–Kier alpha value is -2.90. The van der Waals surface area contributed by atoms with Crippen LogP contribution in [0.3, 0.4) is 0 Å². The molecule has 2 heterocycles. The number of carbonyl (C=O) groups excluding carboxylic acids is 2. The highest BCUT2D eigenvalue weighted by Crippen LogP contribution is 2.23. The van der Waals surface area contributed by atoms with Crippen LogP contribution in [0.25, 0.3) is 0 Å². The van der Waals surface area contributed by atoms with Crippen LogP contribution in [0.15, 0.2) is 22.6 Å². The van der Waals surface area contributed by atoms with Crippen LogP contribution in [-0.4, -0.2) is 22.1 Å². The molecule has 0 bridgehead atoms. The number of fused-ring (bicyclic) bond motifs is 1. The first-order chi connectivity index (χ1) is 10.1. The molecule has 1 aliphatic rings. The van der Waals surface area contributed by atoms with Gasteiger partial charge in [0.15, 0.2) is 0 Å². The van der Waals surface area contributed by atoms with Crippen molar-refractivity contribution in [3.8, 4) is 0 Å². The van der Waals surface area contributed by atoms with E-state index in [0.717, 1.165) is 5.56 Å². The standard InChI is InChI=1S/C13H13N5O3/c1-7-17-18-11(21-7)6-15-13(20)16-10-4-2-3-8-9(10)5-14-12(8)19/h2-4H,5-6H2,1H3,(H,14,19)(H2,15,16,20). The Labute approximate surface area is 119 Å². The van der Waals surface area contributed by atoms with Crippen molar-refractivity contribution >= 4 is 17.6 Å². The van der Waals surface area contributed by atoms with Gasteiger partial charge < -0.3 is 20.4 Å². The van der Waals surface area contributed by atoms with Crippen LogP contribution in [0.4, 0.5) is 10.5 Å². The maximum Gasteiger partial charge on any atom is 0.319 e. The Kier molecular flexibility index (Phi) is 3.27. The minimum Gasteiger partial charge on any atom is -0.424 e. The van der Waals surface area contributed by atoms with Crippen LogP contribution >= 0.6 is 0 Å². The van der Waals surface area contributed by atoms with Gasteiger partial charge in [-0.15, -0.1) is 10.2 Å².